The molecule has 1 N–H and O–H groups in total. The predicted octanol–water partition coefficient (Wildman–Crippen LogP) is 3.37. The topological polar surface area (TPSA) is 85.6 Å². The van der Waals surface area contributed by atoms with Crippen molar-refractivity contribution < 1.29 is 9.53 Å². The molecule has 9 heteroatoms. The molecule has 148 valence electrons. The predicted molar refractivity (Wildman–Crippen MR) is 114 cm³/mol. The molecule has 0 saturated heterocycles. The molecule has 0 aliphatic rings. The second kappa shape index (κ2) is 9.70. The van der Waals surface area contributed by atoms with Crippen molar-refractivity contribution in [3.05, 3.63) is 51.4 Å². The number of hydrogen-bond acceptors (Lipinski definition) is 7. The largest absolute Gasteiger partial charge is 0.497 e. The Morgan fingerprint density at radius 1 is 1.32 bits per heavy atom. The molecular formula is C19H22N4O3S2. The highest BCUT2D eigenvalue weighted by atomic mass is 32.2. The number of amides is 1. The summed E-state index contributed by atoms with van der Waals surface area (Å²) in [6, 6.07) is 8.65. The van der Waals surface area contributed by atoms with Gasteiger partial charge in [0.1, 0.15) is 10.8 Å². The maximum atomic E-state index is 12.2. The second-order valence-electron chi connectivity index (χ2n) is 6.15. The van der Waals surface area contributed by atoms with Gasteiger partial charge in [0.2, 0.25) is 10.9 Å². The molecule has 2 heterocycles. The van der Waals surface area contributed by atoms with Crippen LogP contribution in [0.2, 0.25) is 0 Å². The van der Waals surface area contributed by atoms with Crippen LogP contribution in [0.5, 0.6) is 5.75 Å². The zero-order valence-electron chi connectivity index (χ0n) is 15.8. The summed E-state index contributed by atoms with van der Waals surface area (Å²) in [5.41, 5.74) is 1.20. The van der Waals surface area contributed by atoms with E-state index in [4.69, 9.17) is 4.74 Å². The van der Waals surface area contributed by atoms with Gasteiger partial charge < -0.3 is 10.1 Å². The Morgan fingerprint density at radius 2 is 2.11 bits per heavy atom. The number of ether oxygens (including phenoxy) is 1. The van der Waals surface area contributed by atoms with Gasteiger partial charge in [-0.3, -0.25) is 9.59 Å². The molecule has 0 atom stereocenters. The number of aryl methyl sites for hydroxylation is 1. The van der Waals surface area contributed by atoms with Crippen LogP contribution in [0.3, 0.4) is 0 Å². The molecule has 0 radical (unpaired) electrons. The third kappa shape index (κ3) is 5.32. The normalized spacial score (nSPS) is 10.9. The summed E-state index contributed by atoms with van der Waals surface area (Å²) in [4.78, 5) is 29.5. The standard InChI is InChI=1S/C19H22N4O3S2/c1-3-4-5-17-22-23-18(25)10-14(21-19(23)28-17)11-27-12-16(24)20-13-6-8-15(26-2)9-7-13/h6-10H,3-5,11-12H2,1-2H3,(H,20,24). The van der Waals surface area contributed by atoms with E-state index >= 15 is 0 Å². The summed E-state index contributed by atoms with van der Waals surface area (Å²) in [6.07, 6.45) is 2.99. The number of nitrogens with one attached hydrogen (secondary N) is 1. The summed E-state index contributed by atoms with van der Waals surface area (Å²) >= 11 is 2.87. The van der Waals surface area contributed by atoms with Gasteiger partial charge in [0, 0.05) is 23.9 Å². The van der Waals surface area contributed by atoms with Gasteiger partial charge in [-0.1, -0.05) is 24.7 Å². The monoisotopic (exact) mass is 418 g/mol. The number of thioether (sulfide) groups is 1. The van der Waals surface area contributed by atoms with Crippen molar-refractivity contribution in [3.8, 4) is 5.75 Å². The fraction of sp³-hybridized carbons (Fsp3) is 0.368. The van der Waals surface area contributed by atoms with Crippen LogP contribution in [0.1, 0.15) is 30.5 Å². The maximum Gasteiger partial charge on any atom is 0.275 e. The average molecular weight is 419 g/mol. The molecule has 0 aliphatic carbocycles. The average Bonchev–Trinajstić information content (AvgIpc) is 3.10. The summed E-state index contributed by atoms with van der Waals surface area (Å²) in [6.45, 7) is 2.12. The molecule has 0 spiro atoms. The van der Waals surface area contributed by atoms with Gasteiger partial charge in [0.25, 0.3) is 5.56 Å². The minimum Gasteiger partial charge on any atom is -0.497 e. The van der Waals surface area contributed by atoms with E-state index < -0.39 is 0 Å². The van der Waals surface area contributed by atoms with Crippen molar-refractivity contribution in [2.24, 2.45) is 0 Å². The first kappa shape index (κ1) is 20.3. The summed E-state index contributed by atoms with van der Waals surface area (Å²) in [5, 5.41) is 8.10. The van der Waals surface area contributed by atoms with E-state index in [-0.39, 0.29) is 17.2 Å². The third-order valence-electron chi connectivity index (χ3n) is 3.94. The fourth-order valence-corrected chi connectivity index (χ4v) is 4.19. The molecule has 0 aliphatic heterocycles. The lowest BCUT2D eigenvalue weighted by Gasteiger charge is -2.06. The number of fused-ring (bicyclic) bond motifs is 1. The molecule has 1 aromatic carbocycles. The van der Waals surface area contributed by atoms with E-state index in [1.165, 1.54) is 33.7 Å². The minimum absolute atomic E-state index is 0.104. The van der Waals surface area contributed by atoms with Crippen molar-refractivity contribution in [1.29, 1.82) is 0 Å². The van der Waals surface area contributed by atoms with Gasteiger partial charge in [-0.25, -0.2) is 4.98 Å². The maximum absolute atomic E-state index is 12.2. The molecule has 2 aromatic heterocycles. The first-order valence-corrected chi connectivity index (χ1v) is 11.0. The Kier molecular flexibility index (Phi) is 7.05. The molecule has 0 unspecified atom stereocenters. The zero-order valence-corrected chi connectivity index (χ0v) is 17.4. The lowest BCUT2D eigenvalue weighted by Crippen LogP contribution is -2.16. The highest BCUT2D eigenvalue weighted by Gasteiger charge is 2.10. The van der Waals surface area contributed by atoms with E-state index in [0.717, 1.165) is 30.0 Å². The lowest BCUT2D eigenvalue weighted by molar-refractivity contribution is -0.113. The molecule has 0 bridgehead atoms. The van der Waals surface area contributed by atoms with Crippen LogP contribution in [0, 0.1) is 0 Å². The fourth-order valence-electron chi connectivity index (χ4n) is 2.52. The molecule has 3 rings (SSSR count). The molecule has 0 fully saturated rings. The zero-order chi connectivity index (χ0) is 19.9. The van der Waals surface area contributed by atoms with Crippen LogP contribution in [0.15, 0.2) is 35.1 Å². The van der Waals surface area contributed by atoms with Crippen molar-refractivity contribution >= 4 is 39.7 Å². The molecule has 28 heavy (non-hydrogen) atoms. The van der Waals surface area contributed by atoms with Gasteiger partial charge in [-0.15, -0.1) is 11.8 Å². The number of benzene rings is 1. The van der Waals surface area contributed by atoms with E-state index in [1.54, 1.807) is 31.4 Å². The Hall–Kier alpha value is -2.39. The first-order valence-electron chi connectivity index (χ1n) is 8.99. The Morgan fingerprint density at radius 3 is 2.82 bits per heavy atom. The van der Waals surface area contributed by atoms with Crippen molar-refractivity contribution in [2.75, 3.05) is 18.2 Å². The number of hydrogen-bond donors (Lipinski definition) is 1. The Bertz CT molecular complexity index is 999. The molecule has 1 amide bonds. The van der Waals surface area contributed by atoms with Crippen LogP contribution in [-0.4, -0.2) is 33.4 Å². The molecule has 3 aromatic rings. The third-order valence-corrected chi connectivity index (χ3v) is 5.88. The van der Waals surface area contributed by atoms with Crippen molar-refractivity contribution in [3.63, 3.8) is 0 Å². The number of methoxy groups -OCH3 is 1. The minimum atomic E-state index is -0.178. The summed E-state index contributed by atoms with van der Waals surface area (Å²) in [5.74, 6) is 1.40. The van der Waals surface area contributed by atoms with E-state index in [0.29, 0.717) is 22.1 Å². The van der Waals surface area contributed by atoms with Gasteiger partial charge in [0.05, 0.1) is 18.6 Å². The molecular weight excluding hydrogens is 396 g/mol. The SMILES string of the molecule is CCCCc1nn2c(=O)cc(CSCC(=O)Nc3ccc(OC)cc3)nc2s1. The van der Waals surface area contributed by atoms with Crippen LogP contribution < -0.4 is 15.6 Å². The summed E-state index contributed by atoms with van der Waals surface area (Å²) in [7, 11) is 1.60. The number of aromatic nitrogens is 3. The van der Waals surface area contributed by atoms with Crippen LogP contribution in [0.4, 0.5) is 5.69 Å². The lowest BCUT2D eigenvalue weighted by atomic mass is 10.3. The van der Waals surface area contributed by atoms with Crippen molar-refractivity contribution in [2.45, 2.75) is 31.9 Å². The Balaban J connectivity index is 1.55. The molecule has 0 saturated carbocycles. The van der Waals surface area contributed by atoms with Gasteiger partial charge in [-0.2, -0.15) is 9.61 Å². The van der Waals surface area contributed by atoms with Crippen LogP contribution >= 0.6 is 23.1 Å². The van der Waals surface area contributed by atoms with Crippen molar-refractivity contribution in [1.82, 2.24) is 14.6 Å². The van der Waals surface area contributed by atoms with Gasteiger partial charge >= 0.3 is 0 Å². The number of carbonyl (C=O) groups is 1. The van der Waals surface area contributed by atoms with E-state index in [9.17, 15) is 9.59 Å². The highest BCUT2D eigenvalue weighted by Crippen LogP contribution is 2.17. The van der Waals surface area contributed by atoms with Gasteiger partial charge in [-0.05, 0) is 30.7 Å². The number of rotatable bonds is 9. The number of carbonyl (C=O) groups excluding carboxylic acids is 1. The van der Waals surface area contributed by atoms with Crippen LogP contribution in [-0.2, 0) is 17.0 Å². The number of nitrogens with zero attached hydrogens (tertiary/aromatic N) is 3. The van der Waals surface area contributed by atoms with E-state index in [1.807, 2.05) is 0 Å². The second-order valence-corrected chi connectivity index (χ2v) is 8.18. The quantitative estimate of drug-likeness (QED) is 0.573. The van der Waals surface area contributed by atoms with E-state index in [2.05, 4.69) is 22.3 Å². The molecule has 7 nitrogen and oxygen atoms in total. The highest BCUT2D eigenvalue weighted by molar-refractivity contribution is 7.99. The number of anilines is 1. The van der Waals surface area contributed by atoms with Gasteiger partial charge in [0.15, 0.2) is 0 Å². The smallest absolute Gasteiger partial charge is 0.275 e. The first-order chi connectivity index (χ1) is 13.6. The summed E-state index contributed by atoms with van der Waals surface area (Å²) < 4.78 is 6.46. The Labute approximate surface area is 171 Å². The van der Waals surface area contributed by atoms with Crippen LogP contribution in [0.25, 0.3) is 4.96 Å². The number of unbranched alkanes of at least 4 members (excludes halogenated alkanes) is 1.